The molecule has 0 aromatic carbocycles. The molecule has 1 saturated carbocycles. The minimum Gasteiger partial charge on any atom is -0.325 e. The number of carbonyl (C=O) groups excluding carboxylic acids is 1. The van der Waals surface area contributed by atoms with Crippen LogP contribution in [0.4, 0.5) is 0 Å². The second kappa shape index (κ2) is 6.46. The van der Waals surface area contributed by atoms with Crippen LogP contribution in [-0.2, 0) is 4.79 Å². The molecule has 1 N–H and O–H groups in total. The molecule has 1 heterocycles. The summed E-state index contributed by atoms with van der Waals surface area (Å²) < 4.78 is 0. The van der Waals surface area contributed by atoms with E-state index in [1.165, 1.54) is 32.1 Å². The lowest BCUT2D eigenvalue weighted by Gasteiger charge is -2.33. The van der Waals surface area contributed by atoms with E-state index in [2.05, 4.69) is 37.9 Å². The maximum Gasteiger partial charge on any atom is 0.243 e. The lowest BCUT2D eigenvalue weighted by atomic mass is 9.80. The molecule has 2 fully saturated rings. The van der Waals surface area contributed by atoms with Crippen LogP contribution >= 0.6 is 0 Å². The standard InChI is InChI=1S/C17H32N2O/c1-5-13-8-10-14(11-9-13)12-19-15(6-2)18-17(4,7-3)16(19)20/h13-15,18H,5-12H2,1-4H3. The largest absolute Gasteiger partial charge is 0.325 e. The molecule has 20 heavy (non-hydrogen) atoms. The molecule has 1 aliphatic heterocycles. The first-order valence-electron chi connectivity index (χ1n) is 8.62. The van der Waals surface area contributed by atoms with Gasteiger partial charge in [0, 0.05) is 6.54 Å². The van der Waals surface area contributed by atoms with E-state index < -0.39 is 0 Å². The van der Waals surface area contributed by atoms with E-state index in [1.807, 2.05) is 0 Å². The molecule has 116 valence electrons. The lowest BCUT2D eigenvalue weighted by Crippen LogP contribution is -2.43. The number of rotatable bonds is 5. The molecule has 1 aliphatic carbocycles. The van der Waals surface area contributed by atoms with E-state index in [0.717, 1.165) is 31.2 Å². The average molecular weight is 280 g/mol. The van der Waals surface area contributed by atoms with Crippen LogP contribution in [0.15, 0.2) is 0 Å². The van der Waals surface area contributed by atoms with Crippen molar-refractivity contribution >= 4 is 5.91 Å². The van der Waals surface area contributed by atoms with E-state index in [9.17, 15) is 4.79 Å². The van der Waals surface area contributed by atoms with Crippen molar-refractivity contribution in [3.63, 3.8) is 0 Å². The van der Waals surface area contributed by atoms with Crippen LogP contribution in [0.25, 0.3) is 0 Å². The normalized spacial score (nSPS) is 38.5. The Labute approximate surface area is 124 Å². The molecule has 3 nitrogen and oxygen atoms in total. The fourth-order valence-corrected chi connectivity index (χ4v) is 3.85. The summed E-state index contributed by atoms with van der Waals surface area (Å²) in [5.41, 5.74) is -0.332. The first kappa shape index (κ1) is 15.8. The summed E-state index contributed by atoms with van der Waals surface area (Å²) in [6.07, 6.45) is 8.78. The third-order valence-corrected chi connectivity index (χ3v) is 5.69. The highest BCUT2D eigenvalue weighted by Crippen LogP contribution is 2.33. The van der Waals surface area contributed by atoms with Gasteiger partial charge in [0.1, 0.15) is 0 Å². The molecule has 2 atom stereocenters. The molecule has 2 rings (SSSR count). The third-order valence-electron chi connectivity index (χ3n) is 5.69. The Morgan fingerprint density at radius 3 is 2.20 bits per heavy atom. The van der Waals surface area contributed by atoms with Gasteiger partial charge in [0.05, 0.1) is 11.7 Å². The molecule has 1 amide bonds. The number of hydrogen-bond acceptors (Lipinski definition) is 2. The van der Waals surface area contributed by atoms with Crippen LogP contribution in [0.5, 0.6) is 0 Å². The van der Waals surface area contributed by atoms with Gasteiger partial charge in [0.15, 0.2) is 0 Å². The number of carbonyl (C=O) groups is 1. The van der Waals surface area contributed by atoms with Gasteiger partial charge in [-0.05, 0) is 44.4 Å². The fourth-order valence-electron chi connectivity index (χ4n) is 3.85. The summed E-state index contributed by atoms with van der Waals surface area (Å²) in [4.78, 5) is 14.8. The predicted octanol–water partition coefficient (Wildman–Crippen LogP) is 3.54. The Kier molecular flexibility index (Phi) is 5.11. The van der Waals surface area contributed by atoms with Crippen molar-refractivity contribution in [3.05, 3.63) is 0 Å². The van der Waals surface area contributed by atoms with Crippen molar-refractivity contribution < 1.29 is 4.79 Å². The third kappa shape index (κ3) is 3.03. The van der Waals surface area contributed by atoms with Gasteiger partial charge in [-0.1, -0.05) is 40.0 Å². The molecule has 3 heteroatoms. The molecule has 1 saturated heterocycles. The monoisotopic (exact) mass is 280 g/mol. The summed E-state index contributed by atoms with van der Waals surface area (Å²) in [6.45, 7) is 9.61. The minimum absolute atomic E-state index is 0.247. The van der Waals surface area contributed by atoms with Crippen LogP contribution in [0.3, 0.4) is 0 Å². The number of nitrogens with one attached hydrogen (secondary N) is 1. The van der Waals surface area contributed by atoms with Gasteiger partial charge in [-0.3, -0.25) is 10.1 Å². The lowest BCUT2D eigenvalue weighted by molar-refractivity contribution is -0.133. The molecule has 0 spiro atoms. The molecule has 0 radical (unpaired) electrons. The fraction of sp³-hybridized carbons (Fsp3) is 0.941. The molecule has 0 aromatic heterocycles. The molecular weight excluding hydrogens is 248 g/mol. The highest BCUT2D eigenvalue weighted by Gasteiger charge is 2.46. The molecule has 0 aromatic rings. The Morgan fingerprint density at radius 1 is 1.10 bits per heavy atom. The van der Waals surface area contributed by atoms with E-state index in [-0.39, 0.29) is 11.7 Å². The molecular formula is C17H32N2O. The topological polar surface area (TPSA) is 32.3 Å². The van der Waals surface area contributed by atoms with Gasteiger partial charge in [-0.2, -0.15) is 0 Å². The first-order chi connectivity index (χ1) is 9.54. The van der Waals surface area contributed by atoms with Crippen LogP contribution in [0, 0.1) is 11.8 Å². The second-order valence-electron chi connectivity index (χ2n) is 7.01. The van der Waals surface area contributed by atoms with Crippen molar-refractivity contribution in [2.75, 3.05) is 6.54 Å². The van der Waals surface area contributed by atoms with Crippen LogP contribution in [-0.4, -0.2) is 29.1 Å². The van der Waals surface area contributed by atoms with Gasteiger partial charge in [-0.25, -0.2) is 0 Å². The first-order valence-corrected chi connectivity index (χ1v) is 8.62. The second-order valence-corrected chi connectivity index (χ2v) is 7.01. The SMILES string of the molecule is CCC1CCC(CN2C(=O)C(C)(CC)NC2CC)CC1. The molecule has 2 unspecified atom stereocenters. The van der Waals surface area contributed by atoms with Gasteiger partial charge in [0.2, 0.25) is 5.91 Å². The van der Waals surface area contributed by atoms with Gasteiger partial charge < -0.3 is 4.90 Å². The van der Waals surface area contributed by atoms with Crippen LogP contribution in [0.2, 0.25) is 0 Å². The maximum absolute atomic E-state index is 12.7. The zero-order chi connectivity index (χ0) is 14.8. The number of hydrogen-bond donors (Lipinski definition) is 1. The Hall–Kier alpha value is -0.570. The number of amides is 1. The summed E-state index contributed by atoms with van der Waals surface area (Å²) >= 11 is 0. The van der Waals surface area contributed by atoms with Gasteiger partial charge in [0.25, 0.3) is 0 Å². The summed E-state index contributed by atoms with van der Waals surface area (Å²) in [6, 6.07) is 0. The van der Waals surface area contributed by atoms with Crippen molar-refractivity contribution in [1.82, 2.24) is 10.2 Å². The van der Waals surface area contributed by atoms with E-state index in [0.29, 0.717) is 5.91 Å². The van der Waals surface area contributed by atoms with Crippen LogP contribution in [0.1, 0.15) is 72.6 Å². The molecule has 0 bridgehead atoms. The summed E-state index contributed by atoms with van der Waals surface area (Å²) in [5.74, 6) is 1.97. The average Bonchev–Trinajstić information content (AvgIpc) is 2.73. The summed E-state index contributed by atoms with van der Waals surface area (Å²) in [7, 11) is 0. The number of nitrogens with zero attached hydrogens (tertiary/aromatic N) is 1. The van der Waals surface area contributed by atoms with Crippen molar-refractivity contribution in [1.29, 1.82) is 0 Å². The van der Waals surface area contributed by atoms with E-state index in [1.54, 1.807) is 0 Å². The van der Waals surface area contributed by atoms with Gasteiger partial charge >= 0.3 is 0 Å². The smallest absolute Gasteiger partial charge is 0.243 e. The Balaban J connectivity index is 1.96. The summed E-state index contributed by atoms with van der Waals surface area (Å²) in [5, 5.41) is 3.55. The Morgan fingerprint density at radius 2 is 1.70 bits per heavy atom. The predicted molar refractivity (Wildman–Crippen MR) is 83.4 cm³/mol. The highest BCUT2D eigenvalue weighted by atomic mass is 16.2. The zero-order valence-corrected chi connectivity index (χ0v) is 13.7. The van der Waals surface area contributed by atoms with Crippen molar-refractivity contribution in [2.24, 2.45) is 11.8 Å². The highest BCUT2D eigenvalue weighted by molar-refractivity contribution is 5.88. The van der Waals surface area contributed by atoms with Crippen molar-refractivity contribution in [2.45, 2.75) is 84.3 Å². The Bertz CT molecular complexity index is 336. The van der Waals surface area contributed by atoms with E-state index in [4.69, 9.17) is 0 Å². The molecule has 2 aliphatic rings. The maximum atomic E-state index is 12.7. The zero-order valence-electron chi connectivity index (χ0n) is 13.7. The van der Waals surface area contributed by atoms with E-state index >= 15 is 0 Å². The van der Waals surface area contributed by atoms with Gasteiger partial charge in [-0.15, -0.1) is 0 Å². The van der Waals surface area contributed by atoms with Crippen molar-refractivity contribution in [3.8, 4) is 0 Å². The van der Waals surface area contributed by atoms with Crippen LogP contribution < -0.4 is 5.32 Å². The quantitative estimate of drug-likeness (QED) is 0.835. The minimum atomic E-state index is -0.332.